The van der Waals surface area contributed by atoms with Crippen molar-refractivity contribution in [2.75, 3.05) is 29.9 Å². The van der Waals surface area contributed by atoms with Gasteiger partial charge in [-0.2, -0.15) is 0 Å². The molecule has 0 aromatic heterocycles. The van der Waals surface area contributed by atoms with Crippen LogP contribution in [0.25, 0.3) is 0 Å². The molecule has 5 heteroatoms. The van der Waals surface area contributed by atoms with E-state index in [-0.39, 0.29) is 11.8 Å². The van der Waals surface area contributed by atoms with Gasteiger partial charge in [0.25, 0.3) is 11.8 Å². The molecule has 0 saturated carbocycles. The summed E-state index contributed by atoms with van der Waals surface area (Å²) in [6, 6.07) is 23.7. The quantitative estimate of drug-likeness (QED) is 0.276. The molecule has 4 rings (SSSR count). The zero-order chi connectivity index (χ0) is 26.7. The normalized spacial score (nSPS) is 13.8. The van der Waals surface area contributed by atoms with E-state index in [4.69, 9.17) is 0 Å². The number of hydrogen-bond acceptors (Lipinski definition) is 3. The van der Waals surface area contributed by atoms with E-state index in [1.807, 2.05) is 60.7 Å². The molecular formula is C33H41N3O2. The Bertz CT molecular complexity index is 1180. The van der Waals surface area contributed by atoms with Gasteiger partial charge < -0.3 is 15.5 Å². The van der Waals surface area contributed by atoms with Crippen molar-refractivity contribution in [1.29, 1.82) is 0 Å². The average molecular weight is 512 g/mol. The second-order valence-corrected chi connectivity index (χ2v) is 10.5. The predicted octanol–water partition coefficient (Wildman–Crippen LogP) is 6.88. The Morgan fingerprint density at radius 2 is 1.55 bits per heavy atom. The first-order valence-corrected chi connectivity index (χ1v) is 14.1. The Labute approximate surface area is 227 Å². The van der Waals surface area contributed by atoms with Crippen LogP contribution in [0.2, 0.25) is 0 Å². The molecule has 0 radical (unpaired) electrons. The number of benzene rings is 3. The molecule has 1 fully saturated rings. The molecule has 1 heterocycles. The first kappa shape index (κ1) is 27.4. The third-order valence-corrected chi connectivity index (χ3v) is 7.45. The summed E-state index contributed by atoms with van der Waals surface area (Å²) in [6.45, 7) is 6.90. The summed E-state index contributed by atoms with van der Waals surface area (Å²) >= 11 is 0. The van der Waals surface area contributed by atoms with E-state index in [1.165, 1.54) is 30.4 Å². The number of aryl methyl sites for hydroxylation is 1. The highest BCUT2D eigenvalue weighted by atomic mass is 16.2. The van der Waals surface area contributed by atoms with Crippen molar-refractivity contribution in [2.45, 2.75) is 58.8 Å². The molecule has 3 aromatic rings. The number of piperidine rings is 1. The van der Waals surface area contributed by atoms with Crippen LogP contribution in [-0.4, -0.2) is 31.4 Å². The van der Waals surface area contributed by atoms with Crippen molar-refractivity contribution in [3.05, 3.63) is 95.1 Å². The molecule has 1 aliphatic rings. The predicted molar refractivity (Wildman–Crippen MR) is 157 cm³/mol. The minimum Gasteiger partial charge on any atom is -0.371 e. The van der Waals surface area contributed by atoms with Gasteiger partial charge in [-0.25, -0.2) is 0 Å². The zero-order valence-electron chi connectivity index (χ0n) is 22.8. The maximum Gasteiger partial charge on any atom is 0.255 e. The standard InChI is InChI=1S/C33H41N3O2/c1-3-4-6-9-27-12-14-28(15-13-27)32(37)35-29-16-17-31(36-22-19-25(2)20-23-36)30(24-29)33(38)34-21-18-26-10-7-5-8-11-26/h5,7-8,10-17,24-25H,3-4,6,9,18-23H2,1-2H3,(H,34,38)(H,35,37). The van der Waals surface area contributed by atoms with E-state index in [0.29, 0.717) is 29.3 Å². The van der Waals surface area contributed by atoms with Crippen LogP contribution in [0.3, 0.4) is 0 Å². The van der Waals surface area contributed by atoms with Gasteiger partial charge in [0, 0.05) is 36.6 Å². The first-order valence-electron chi connectivity index (χ1n) is 14.1. The molecule has 0 atom stereocenters. The van der Waals surface area contributed by atoms with E-state index < -0.39 is 0 Å². The maximum absolute atomic E-state index is 13.4. The van der Waals surface area contributed by atoms with Gasteiger partial charge >= 0.3 is 0 Å². The molecule has 1 aliphatic heterocycles. The summed E-state index contributed by atoms with van der Waals surface area (Å²) in [5, 5.41) is 6.10. The summed E-state index contributed by atoms with van der Waals surface area (Å²) < 4.78 is 0. The van der Waals surface area contributed by atoms with Crippen molar-refractivity contribution in [2.24, 2.45) is 5.92 Å². The van der Waals surface area contributed by atoms with Gasteiger partial charge in [-0.15, -0.1) is 0 Å². The van der Waals surface area contributed by atoms with Gasteiger partial charge in [0.1, 0.15) is 0 Å². The summed E-state index contributed by atoms with van der Waals surface area (Å²) in [7, 11) is 0. The van der Waals surface area contributed by atoms with Crippen LogP contribution in [0, 0.1) is 5.92 Å². The van der Waals surface area contributed by atoms with Gasteiger partial charge in [0.2, 0.25) is 0 Å². The van der Waals surface area contributed by atoms with E-state index in [0.717, 1.165) is 44.5 Å². The topological polar surface area (TPSA) is 61.4 Å². The molecule has 2 amide bonds. The van der Waals surface area contributed by atoms with Gasteiger partial charge in [-0.3, -0.25) is 9.59 Å². The van der Waals surface area contributed by atoms with Crippen molar-refractivity contribution < 1.29 is 9.59 Å². The fourth-order valence-electron chi connectivity index (χ4n) is 4.99. The number of rotatable bonds is 11. The SMILES string of the molecule is CCCCCc1ccc(C(=O)Nc2ccc(N3CCC(C)CC3)c(C(=O)NCCc3ccccc3)c2)cc1. The molecule has 3 aromatic carbocycles. The lowest BCUT2D eigenvalue weighted by molar-refractivity contribution is 0.0953. The van der Waals surface area contributed by atoms with Gasteiger partial charge in [-0.1, -0.05) is 69.2 Å². The van der Waals surface area contributed by atoms with Crippen LogP contribution in [0.15, 0.2) is 72.8 Å². The number of nitrogens with zero attached hydrogens (tertiary/aromatic N) is 1. The number of nitrogens with one attached hydrogen (secondary N) is 2. The second-order valence-electron chi connectivity index (χ2n) is 10.5. The lowest BCUT2D eigenvalue weighted by atomic mass is 9.97. The first-order chi connectivity index (χ1) is 18.5. The van der Waals surface area contributed by atoms with E-state index in [2.05, 4.69) is 41.5 Å². The van der Waals surface area contributed by atoms with Crippen LogP contribution >= 0.6 is 0 Å². The molecule has 0 bridgehead atoms. The number of amides is 2. The summed E-state index contributed by atoms with van der Waals surface area (Å²) in [5.41, 5.74) is 5.23. The third kappa shape index (κ3) is 7.70. The van der Waals surface area contributed by atoms with Crippen molar-refractivity contribution in [3.8, 4) is 0 Å². The molecule has 2 N–H and O–H groups in total. The highest BCUT2D eigenvalue weighted by Gasteiger charge is 2.22. The Morgan fingerprint density at radius 1 is 0.842 bits per heavy atom. The number of carbonyl (C=O) groups excluding carboxylic acids is 2. The molecule has 5 nitrogen and oxygen atoms in total. The minimum atomic E-state index is -0.167. The van der Waals surface area contributed by atoms with Crippen LogP contribution in [-0.2, 0) is 12.8 Å². The molecule has 0 aliphatic carbocycles. The largest absolute Gasteiger partial charge is 0.371 e. The van der Waals surface area contributed by atoms with Crippen LogP contribution in [0.1, 0.15) is 77.8 Å². The van der Waals surface area contributed by atoms with E-state index in [1.54, 1.807) is 0 Å². The smallest absolute Gasteiger partial charge is 0.255 e. The molecular weight excluding hydrogens is 470 g/mol. The highest BCUT2D eigenvalue weighted by Crippen LogP contribution is 2.29. The highest BCUT2D eigenvalue weighted by molar-refractivity contribution is 6.06. The Morgan fingerprint density at radius 3 is 2.26 bits per heavy atom. The lowest BCUT2D eigenvalue weighted by Crippen LogP contribution is -2.35. The van der Waals surface area contributed by atoms with Crippen molar-refractivity contribution >= 4 is 23.2 Å². The van der Waals surface area contributed by atoms with E-state index >= 15 is 0 Å². The summed E-state index contributed by atoms with van der Waals surface area (Å²) in [6.07, 6.45) is 7.62. The second kappa shape index (κ2) is 13.8. The van der Waals surface area contributed by atoms with E-state index in [9.17, 15) is 9.59 Å². The minimum absolute atomic E-state index is 0.109. The van der Waals surface area contributed by atoms with Crippen molar-refractivity contribution in [3.63, 3.8) is 0 Å². The molecule has 38 heavy (non-hydrogen) atoms. The van der Waals surface area contributed by atoms with Crippen molar-refractivity contribution in [1.82, 2.24) is 5.32 Å². The zero-order valence-corrected chi connectivity index (χ0v) is 22.8. The Kier molecular flexibility index (Phi) is 9.97. The molecule has 0 unspecified atom stereocenters. The fraction of sp³-hybridized carbons (Fsp3) is 0.394. The summed E-state index contributed by atoms with van der Waals surface area (Å²) in [4.78, 5) is 28.7. The van der Waals surface area contributed by atoms with Crippen LogP contribution in [0.5, 0.6) is 0 Å². The average Bonchev–Trinajstić information content (AvgIpc) is 2.94. The number of hydrogen-bond donors (Lipinski definition) is 2. The van der Waals surface area contributed by atoms with Gasteiger partial charge in [0.15, 0.2) is 0 Å². The Hall–Kier alpha value is -3.60. The Balaban J connectivity index is 1.46. The van der Waals surface area contributed by atoms with Gasteiger partial charge in [0.05, 0.1) is 5.56 Å². The number of anilines is 2. The van der Waals surface area contributed by atoms with Crippen LogP contribution in [0.4, 0.5) is 11.4 Å². The van der Waals surface area contributed by atoms with Crippen LogP contribution < -0.4 is 15.5 Å². The molecule has 1 saturated heterocycles. The number of unbranched alkanes of at least 4 members (excludes halogenated alkanes) is 2. The maximum atomic E-state index is 13.4. The third-order valence-electron chi connectivity index (χ3n) is 7.45. The molecule has 200 valence electrons. The monoisotopic (exact) mass is 511 g/mol. The molecule has 0 spiro atoms. The number of carbonyl (C=O) groups is 2. The fourth-order valence-corrected chi connectivity index (χ4v) is 4.99. The summed E-state index contributed by atoms with van der Waals surface area (Å²) in [5.74, 6) is 0.424. The lowest BCUT2D eigenvalue weighted by Gasteiger charge is -2.33. The van der Waals surface area contributed by atoms with Gasteiger partial charge in [-0.05, 0) is 79.5 Å².